The lowest BCUT2D eigenvalue weighted by molar-refractivity contribution is -0.154. The zero-order chi connectivity index (χ0) is 23.1. The fraction of sp³-hybridized carbons (Fsp3) is 0.238. The number of H-pyrrole nitrogens is 1. The van der Waals surface area contributed by atoms with E-state index in [4.69, 9.17) is 16.3 Å². The Labute approximate surface area is 188 Å². The van der Waals surface area contributed by atoms with Crippen LogP contribution in [0, 0.1) is 5.82 Å². The Balaban J connectivity index is 1.76. The molecule has 0 aliphatic carbocycles. The van der Waals surface area contributed by atoms with E-state index in [9.17, 15) is 19.1 Å². The number of esters is 1. The van der Waals surface area contributed by atoms with Crippen molar-refractivity contribution in [3.63, 3.8) is 0 Å². The van der Waals surface area contributed by atoms with E-state index >= 15 is 0 Å². The van der Waals surface area contributed by atoms with Crippen molar-refractivity contribution in [3.8, 4) is 11.1 Å². The lowest BCUT2D eigenvalue weighted by Gasteiger charge is -2.24. The fourth-order valence-electron chi connectivity index (χ4n) is 2.91. The van der Waals surface area contributed by atoms with E-state index in [2.05, 4.69) is 20.8 Å². The molecule has 0 unspecified atom stereocenters. The molecule has 0 aliphatic heterocycles. The van der Waals surface area contributed by atoms with Crippen LogP contribution in [0.1, 0.15) is 23.0 Å². The fourth-order valence-corrected chi connectivity index (χ4v) is 3.08. The molecule has 3 aromatic rings. The van der Waals surface area contributed by atoms with Crippen molar-refractivity contribution in [2.45, 2.75) is 19.6 Å². The van der Waals surface area contributed by atoms with Crippen molar-refractivity contribution in [2.24, 2.45) is 0 Å². The van der Waals surface area contributed by atoms with Gasteiger partial charge in [0.15, 0.2) is 11.8 Å². The second kappa shape index (κ2) is 10.8. The topological polar surface area (TPSA) is 120 Å². The molecule has 9 nitrogen and oxygen atoms in total. The summed E-state index contributed by atoms with van der Waals surface area (Å²) < 4.78 is 18.9. The lowest BCUT2D eigenvalue weighted by Crippen LogP contribution is -2.47. The van der Waals surface area contributed by atoms with E-state index < -0.39 is 23.8 Å². The van der Waals surface area contributed by atoms with Crippen molar-refractivity contribution in [1.29, 1.82) is 0 Å². The molecule has 0 saturated heterocycles. The summed E-state index contributed by atoms with van der Waals surface area (Å²) in [5.41, 5.74) is 4.33. The van der Waals surface area contributed by atoms with Crippen LogP contribution in [0.25, 0.3) is 11.1 Å². The van der Waals surface area contributed by atoms with Gasteiger partial charge in [-0.15, -0.1) is 0 Å². The highest BCUT2D eigenvalue weighted by Gasteiger charge is 2.23. The molecule has 1 amide bonds. The van der Waals surface area contributed by atoms with Gasteiger partial charge in [-0.25, -0.2) is 14.2 Å². The number of carbonyl (C=O) groups is 2. The molecule has 0 fully saturated rings. The summed E-state index contributed by atoms with van der Waals surface area (Å²) >= 11 is 5.97. The highest BCUT2D eigenvalue weighted by Crippen LogP contribution is 2.26. The number of hydrogen-bond donors (Lipinski definition) is 3. The Hall–Kier alpha value is -3.34. The maximum atomic E-state index is 14.1. The second-order valence-electron chi connectivity index (χ2n) is 6.77. The van der Waals surface area contributed by atoms with Gasteiger partial charge in [-0.2, -0.15) is 15.4 Å². The smallest absolute Gasteiger partial charge is 0.336 e. The molecular formula is C21H21ClFN5O4. The Morgan fingerprint density at radius 3 is 2.69 bits per heavy atom. The van der Waals surface area contributed by atoms with Crippen molar-refractivity contribution >= 4 is 23.5 Å². The normalized spacial score (nSPS) is 11.9. The molecule has 0 bridgehead atoms. The van der Waals surface area contributed by atoms with E-state index in [1.165, 1.54) is 29.4 Å². The average molecular weight is 462 g/mol. The number of hydrazine groups is 1. The number of aromatic nitrogens is 3. The SMILES string of the molecule is CCOC(=O)[C@H](O)CN(Cc1ccc(-c2cc(Cl)ccc2F)cc1)NC(=O)c1cn[nH]n1. The first-order chi connectivity index (χ1) is 15.4. The Morgan fingerprint density at radius 1 is 1.28 bits per heavy atom. The van der Waals surface area contributed by atoms with Crippen LogP contribution in [0.4, 0.5) is 4.39 Å². The van der Waals surface area contributed by atoms with Gasteiger partial charge in [-0.1, -0.05) is 35.9 Å². The number of ether oxygens (including phenoxy) is 1. The molecule has 0 aliphatic rings. The minimum Gasteiger partial charge on any atom is -0.464 e. The van der Waals surface area contributed by atoms with Gasteiger partial charge in [0, 0.05) is 17.1 Å². The van der Waals surface area contributed by atoms with Crippen LogP contribution in [0.15, 0.2) is 48.7 Å². The number of benzene rings is 2. The van der Waals surface area contributed by atoms with Gasteiger partial charge in [0.2, 0.25) is 0 Å². The monoisotopic (exact) mass is 461 g/mol. The van der Waals surface area contributed by atoms with Gasteiger partial charge in [0.25, 0.3) is 5.91 Å². The number of rotatable bonds is 9. The molecule has 1 atom stereocenters. The first-order valence-corrected chi connectivity index (χ1v) is 10.1. The predicted molar refractivity (Wildman–Crippen MR) is 114 cm³/mol. The molecule has 0 spiro atoms. The predicted octanol–water partition coefficient (Wildman–Crippen LogP) is 2.34. The number of amides is 1. The van der Waals surface area contributed by atoms with Crippen LogP contribution < -0.4 is 5.43 Å². The number of aliphatic hydroxyl groups is 1. The van der Waals surface area contributed by atoms with Crippen molar-refractivity contribution in [2.75, 3.05) is 13.2 Å². The molecule has 0 radical (unpaired) electrons. The highest BCUT2D eigenvalue weighted by molar-refractivity contribution is 6.30. The maximum absolute atomic E-state index is 14.1. The molecular weight excluding hydrogens is 441 g/mol. The van der Waals surface area contributed by atoms with Gasteiger partial charge >= 0.3 is 5.97 Å². The van der Waals surface area contributed by atoms with Crippen LogP contribution in [0.5, 0.6) is 0 Å². The number of halogens is 2. The van der Waals surface area contributed by atoms with Crippen molar-refractivity contribution in [1.82, 2.24) is 25.8 Å². The molecule has 2 aromatic carbocycles. The summed E-state index contributed by atoms with van der Waals surface area (Å²) in [4.78, 5) is 24.2. The zero-order valence-electron chi connectivity index (χ0n) is 17.1. The van der Waals surface area contributed by atoms with Gasteiger partial charge < -0.3 is 9.84 Å². The Kier molecular flexibility index (Phi) is 7.87. The number of hydrogen-bond acceptors (Lipinski definition) is 7. The summed E-state index contributed by atoms with van der Waals surface area (Å²) in [5, 5.41) is 21.5. The van der Waals surface area contributed by atoms with Gasteiger partial charge in [0.05, 0.1) is 19.3 Å². The van der Waals surface area contributed by atoms with Gasteiger partial charge in [-0.05, 0) is 36.2 Å². The summed E-state index contributed by atoms with van der Waals surface area (Å²) in [7, 11) is 0. The number of aromatic amines is 1. The van der Waals surface area contributed by atoms with Crippen LogP contribution in [0.2, 0.25) is 5.02 Å². The Morgan fingerprint density at radius 2 is 2.03 bits per heavy atom. The third-order valence-electron chi connectivity index (χ3n) is 4.43. The van der Waals surface area contributed by atoms with E-state index in [-0.39, 0.29) is 25.4 Å². The van der Waals surface area contributed by atoms with Crippen LogP contribution >= 0.6 is 11.6 Å². The summed E-state index contributed by atoms with van der Waals surface area (Å²) in [6.45, 7) is 1.65. The molecule has 32 heavy (non-hydrogen) atoms. The Bertz CT molecular complexity index is 1060. The number of nitrogens with zero attached hydrogens (tertiary/aromatic N) is 3. The number of aliphatic hydroxyl groups excluding tert-OH is 1. The third-order valence-corrected chi connectivity index (χ3v) is 4.66. The lowest BCUT2D eigenvalue weighted by atomic mass is 10.0. The molecule has 1 heterocycles. The largest absolute Gasteiger partial charge is 0.464 e. The van der Waals surface area contributed by atoms with Crippen LogP contribution in [-0.4, -0.2) is 56.7 Å². The minimum absolute atomic E-state index is 0.0346. The molecule has 168 valence electrons. The van der Waals surface area contributed by atoms with Crippen molar-refractivity contribution < 1.29 is 23.8 Å². The molecule has 0 saturated carbocycles. The van der Waals surface area contributed by atoms with Crippen LogP contribution in [-0.2, 0) is 16.1 Å². The summed E-state index contributed by atoms with van der Waals surface area (Å²) in [5.74, 6) is -1.78. The second-order valence-corrected chi connectivity index (χ2v) is 7.20. The minimum atomic E-state index is -1.48. The maximum Gasteiger partial charge on any atom is 0.336 e. The van der Waals surface area contributed by atoms with Gasteiger partial charge in [0.1, 0.15) is 5.82 Å². The summed E-state index contributed by atoms with van der Waals surface area (Å²) in [6, 6.07) is 11.2. The zero-order valence-corrected chi connectivity index (χ0v) is 17.8. The first kappa shape index (κ1) is 23.3. The summed E-state index contributed by atoms with van der Waals surface area (Å²) in [6.07, 6.45) is -0.240. The highest BCUT2D eigenvalue weighted by atomic mass is 35.5. The number of nitrogens with one attached hydrogen (secondary N) is 2. The van der Waals surface area contributed by atoms with E-state index in [1.54, 1.807) is 31.2 Å². The molecule has 3 N–H and O–H groups in total. The van der Waals surface area contributed by atoms with E-state index in [0.29, 0.717) is 16.1 Å². The quantitative estimate of drug-likeness (QED) is 0.330. The molecule has 3 rings (SSSR count). The average Bonchev–Trinajstić information content (AvgIpc) is 3.31. The van der Waals surface area contributed by atoms with Gasteiger partial charge in [-0.3, -0.25) is 10.2 Å². The van der Waals surface area contributed by atoms with Crippen molar-refractivity contribution in [3.05, 3.63) is 70.8 Å². The molecule has 11 heteroatoms. The van der Waals surface area contributed by atoms with E-state index in [1.807, 2.05) is 0 Å². The first-order valence-electron chi connectivity index (χ1n) is 9.68. The third kappa shape index (κ3) is 6.10. The standard InChI is InChI=1S/C21H21ClFN5O4/c1-2-32-21(31)19(29)12-28(26-20(30)18-10-24-27-25-18)11-13-3-5-14(6-4-13)16-9-15(22)7-8-17(16)23/h3-10,19,29H,2,11-12H2,1H3,(H,26,30)(H,24,25,27)/t19-/m1/s1. The number of carbonyl (C=O) groups excluding carboxylic acids is 2. The molecule has 1 aromatic heterocycles. The van der Waals surface area contributed by atoms with Crippen LogP contribution in [0.3, 0.4) is 0 Å². The van der Waals surface area contributed by atoms with E-state index in [0.717, 1.165) is 5.56 Å².